The van der Waals surface area contributed by atoms with Crippen LogP contribution in [-0.4, -0.2) is 40.3 Å². The van der Waals surface area contributed by atoms with Crippen molar-refractivity contribution < 1.29 is 24.2 Å². The van der Waals surface area contributed by atoms with Crippen LogP contribution in [0.1, 0.15) is 15.9 Å². The highest BCUT2D eigenvalue weighted by Crippen LogP contribution is 2.39. The van der Waals surface area contributed by atoms with E-state index in [4.69, 9.17) is 38.3 Å². The number of fused-ring (bicyclic) bond motifs is 1. The molecular formula is C24H16Cl2N6O5. The van der Waals surface area contributed by atoms with Crippen molar-refractivity contribution in [2.24, 2.45) is 5.10 Å². The molecule has 4 rings (SSSR count). The summed E-state index contributed by atoms with van der Waals surface area (Å²) in [5.74, 6) is -0.780. The fraction of sp³-hybridized carbons (Fsp3) is 0.0833. The lowest BCUT2D eigenvalue weighted by Crippen LogP contribution is -2.37. The smallest absolute Gasteiger partial charge is 0.411 e. The van der Waals surface area contributed by atoms with Gasteiger partial charge in [-0.3, -0.25) is 25.3 Å². The number of pyridine rings is 1. The van der Waals surface area contributed by atoms with Crippen molar-refractivity contribution in [1.82, 2.24) is 10.3 Å². The molecule has 1 aromatic heterocycles. The number of carboxylic acid groups (broad SMARTS) is 1. The van der Waals surface area contributed by atoms with Crippen molar-refractivity contribution in [3.05, 3.63) is 76.0 Å². The molecule has 2 aromatic carbocycles. The molecule has 13 heteroatoms. The predicted molar refractivity (Wildman–Crippen MR) is 135 cm³/mol. The molecule has 0 fully saturated rings. The van der Waals surface area contributed by atoms with Gasteiger partial charge in [0.1, 0.15) is 11.8 Å². The lowest BCUT2D eigenvalue weighted by atomic mass is 9.98. The Hall–Kier alpha value is -4.66. The summed E-state index contributed by atoms with van der Waals surface area (Å²) in [4.78, 5) is 40.9. The molecule has 1 aliphatic rings. The Morgan fingerprint density at radius 2 is 1.95 bits per heavy atom. The number of imide groups is 1. The van der Waals surface area contributed by atoms with Gasteiger partial charge in [0.2, 0.25) is 5.71 Å². The Kier molecular flexibility index (Phi) is 7.52. The molecule has 37 heavy (non-hydrogen) atoms. The summed E-state index contributed by atoms with van der Waals surface area (Å²) < 4.78 is 5.89. The summed E-state index contributed by atoms with van der Waals surface area (Å²) in [6.45, 7) is 0.485. The van der Waals surface area contributed by atoms with Gasteiger partial charge in [0.05, 0.1) is 27.6 Å². The second-order valence-corrected chi connectivity index (χ2v) is 8.37. The molecule has 0 radical (unpaired) electrons. The third kappa shape index (κ3) is 5.78. The van der Waals surface area contributed by atoms with Crippen LogP contribution in [0, 0.1) is 11.3 Å². The van der Waals surface area contributed by atoms with Crippen LogP contribution in [0.5, 0.6) is 11.5 Å². The minimum Gasteiger partial charge on any atom is -0.465 e. The lowest BCUT2D eigenvalue weighted by Gasteiger charge is -2.28. The molecule has 11 nitrogen and oxygen atoms in total. The molecule has 0 bridgehead atoms. The number of amides is 3. The maximum atomic E-state index is 13.0. The van der Waals surface area contributed by atoms with Crippen molar-refractivity contribution in [3.63, 3.8) is 0 Å². The number of hydrazone groups is 1. The molecule has 0 aliphatic carbocycles. The predicted octanol–water partition coefficient (Wildman–Crippen LogP) is 4.47. The van der Waals surface area contributed by atoms with Crippen LogP contribution in [0.4, 0.5) is 16.2 Å². The van der Waals surface area contributed by atoms with Gasteiger partial charge in [-0.15, -0.1) is 0 Å². The van der Waals surface area contributed by atoms with Gasteiger partial charge in [0.25, 0.3) is 11.8 Å². The number of aromatic nitrogens is 1. The van der Waals surface area contributed by atoms with Gasteiger partial charge in [-0.2, -0.15) is 10.4 Å². The quantitative estimate of drug-likeness (QED) is 0.306. The minimum absolute atomic E-state index is 0.0928. The average Bonchev–Trinajstić information content (AvgIpc) is 2.87. The summed E-state index contributed by atoms with van der Waals surface area (Å²) in [5, 5.41) is 22.9. The van der Waals surface area contributed by atoms with Crippen LogP contribution in [-0.2, 0) is 11.2 Å². The third-order valence-corrected chi connectivity index (χ3v) is 5.73. The zero-order valence-electron chi connectivity index (χ0n) is 18.7. The van der Waals surface area contributed by atoms with Crippen LogP contribution in [0.3, 0.4) is 0 Å². The molecule has 0 unspecified atom stereocenters. The van der Waals surface area contributed by atoms with Crippen molar-refractivity contribution >= 4 is 58.2 Å². The Bertz CT molecular complexity index is 1450. The zero-order chi connectivity index (χ0) is 26.5. The molecule has 0 spiro atoms. The van der Waals surface area contributed by atoms with Gasteiger partial charge in [0, 0.05) is 18.3 Å². The van der Waals surface area contributed by atoms with Crippen molar-refractivity contribution in [2.45, 2.75) is 6.42 Å². The number of nitrogens with zero attached hydrogens (tertiary/aromatic N) is 4. The molecule has 3 amide bonds. The third-order valence-electron chi connectivity index (χ3n) is 5.17. The van der Waals surface area contributed by atoms with Crippen molar-refractivity contribution in [2.75, 3.05) is 16.9 Å². The molecule has 0 atom stereocenters. The van der Waals surface area contributed by atoms with E-state index in [-0.39, 0.29) is 27.4 Å². The first-order chi connectivity index (χ1) is 17.8. The van der Waals surface area contributed by atoms with E-state index in [2.05, 4.69) is 15.5 Å². The number of hydrogen-bond acceptors (Lipinski definition) is 8. The van der Waals surface area contributed by atoms with Crippen LogP contribution in [0.15, 0.2) is 60.0 Å². The normalized spacial score (nSPS) is 12.8. The van der Waals surface area contributed by atoms with Crippen LogP contribution >= 0.6 is 23.2 Å². The number of carbonyl (C=O) groups is 3. The van der Waals surface area contributed by atoms with E-state index in [0.29, 0.717) is 24.3 Å². The van der Waals surface area contributed by atoms with Crippen LogP contribution in [0.2, 0.25) is 10.0 Å². The van der Waals surface area contributed by atoms with E-state index in [1.165, 1.54) is 23.5 Å². The van der Waals surface area contributed by atoms with Crippen molar-refractivity contribution in [1.29, 1.82) is 5.26 Å². The molecule has 2 heterocycles. The summed E-state index contributed by atoms with van der Waals surface area (Å²) >= 11 is 12.7. The standard InChI is InChI=1S/C24H16Cl2N6O5/c25-18-9-14(30-31-20(11-27)22(33)29-24(35)36)10-19(26)21(18)37-16-3-4-17-13(8-16)5-7-32(23(17)34)15-2-1-6-28-12-15/h1-4,6,8-10,12,30H,5,7H2,(H,29,33)(H,35,36). The number of rotatable bonds is 6. The Labute approximate surface area is 219 Å². The summed E-state index contributed by atoms with van der Waals surface area (Å²) in [7, 11) is 0. The van der Waals surface area contributed by atoms with E-state index >= 15 is 0 Å². The topological polar surface area (TPSA) is 157 Å². The average molecular weight is 539 g/mol. The van der Waals surface area contributed by atoms with Gasteiger partial charge < -0.3 is 14.7 Å². The Morgan fingerprint density at radius 3 is 2.59 bits per heavy atom. The van der Waals surface area contributed by atoms with Gasteiger partial charge in [-0.25, -0.2) is 4.79 Å². The van der Waals surface area contributed by atoms with Gasteiger partial charge >= 0.3 is 6.09 Å². The number of nitriles is 1. The van der Waals surface area contributed by atoms with E-state index < -0.39 is 17.7 Å². The maximum Gasteiger partial charge on any atom is 0.411 e. The van der Waals surface area contributed by atoms with E-state index in [1.807, 2.05) is 6.07 Å². The number of anilines is 2. The SMILES string of the molecule is N#CC(=NNc1cc(Cl)c(Oc2ccc3c(c2)CCN(c2cccnc2)C3=O)c(Cl)c1)C(=O)NC(=O)O. The highest BCUT2D eigenvalue weighted by Gasteiger charge is 2.26. The van der Waals surface area contributed by atoms with Crippen molar-refractivity contribution in [3.8, 4) is 17.6 Å². The zero-order valence-corrected chi connectivity index (χ0v) is 20.2. The first kappa shape index (κ1) is 25.4. The molecule has 0 saturated heterocycles. The van der Waals surface area contributed by atoms with E-state index in [1.54, 1.807) is 41.6 Å². The second-order valence-electron chi connectivity index (χ2n) is 7.55. The first-order valence-corrected chi connectivity index (χ1v) is 11.3. The number of ether oxygens (including phenoxy) is 1. The minimum atomic E-state index is -1.63. The fourth-order valence-electron chi connectivity index (χ4n) is 3.53. The van der Waals surface area contributed by atoms with Gasteiger partial charge in [-0.1, -0.05) is 23.2 Å². The second kappa shape index (κ2) is 10.9. The summed E-state index contributed by atoms with van der Waals surface area (Å²) in [6, 6.07) is 12.9. The van der Waals surface area contributed by atoms with Gasteiger partial charge in [-0.05, 0) is 54.4 Å². The molecule has 1 aliphatic heterocycles. The number of halogens is 2. The highest BCUT2D eigenvalue weighted by atomic mass is 35.5. The van der Waals surface area contributed by atoms with Crippen LogP contribution < -0.4 is 20.4 Å². The number of benzene rings is 2. The monoisotopic (exact) mass is 538 g/mol. The molecule has 0 saturated carbocycles. The maximum absolute atomic E-state index is 13.0. The van der Waals surface area contributed by atoms with Crippen LogP contribution in [0.25, 0.3) is 0 Å². The summed E-state index contributed by atoms with van der Waals surface area (Å²) in [6.07, 6.45) is 2.26. The number of carbonyl (C=O) groups excluding carboxylic acids is 2. The lowest BCUT2D eigenvalue weighted by molar-refractivity contribution is -0.114. The largest absolute Gasteiger partial charge is 0.465 e. The fourth-order valence-corrected chi connectivity index (χ4v) is 4.10. The molecule has 186 valence electrons. The molecule has 3 N–H and O–H groups in total. The Balaban J connectivity index is 1.50. The highest BCUT2D eigenvalue weighted by molar-refractivity contribution is 6.46. The van der Waals surface area contributed by atoms with Gasteiger partial charge in [0.15, 0.2) is 5.75 Å². The van der Waals surface area contributed by atoms with E-state index in [9.17, 15) is 14.4 Å². The van der Waals surface area contributed by atoms with E-state index in [0.717, 1.165) is 11.3 Å². The number of nitrogens with one attached hydrogen (secondary N) is 2. The summed E-state index contributed by atoms with van der Waals surface area (Å²) in [5.41, 5.74) is 4.00. The first-order valence-electron chi connectivity index (χ1n) is 10.6. The molecule has 3 aromatic rings. The Morgan fingerprint density at radius 1 is 1.19 bits per heavy atom. The molecular weight excluding hydrogens is 523 g/mol. The number of hydrogen-bond donors (Lipinski definition) is 3.